The molecule has 10 nitrogen and oxygen atoms in total. The Balaban J connectivity index is 1.36. The van der Waals surface area contributed by atoms with E-state index in [1.165, 1.54) is 30.5 Å². The third-order valence-corrected chi connectivity index (χ3v) is 5.99. The van der Waals surface area contributed by atoms with Gasteiger partial charge in [-0.05, 0) is 60.2 Å². The SMILES string of the molecule is O=C(Cc1ccccc1)Nc1ccc(C(=O)N/N=C\c2cc(Br)ccc2OC(=O)c2ccc([N+](=O)[O-])cc2)cc1. The van der Waals surface area contributed by atoms with Crippen LogP contribution in [0.4, 0.5) is 11.4 Å². The fraction of sp³-hybridized carbons (Fsp3) is 0.0345. The van der Waals surface area contributed by atoms with Crippen molar-refractivity contribution in [2.45, 2.75) is 6.42 Å². The van der Waals surface area contributed by atoms with Crippen molar-refractivity contribution >= 4 is 51.3 Å². The molecule has 0 atom stereocenters. The van der Waals surface area contributed by atoms with Crippen molar-refractivity contribution in [2.75, 3.05) is 5.32 Å². The Hall–Kier alpha value is -5.16. The molecule has 0 aliphatic carbocycles. The van der Waals surface area contributed by atoms with Gasteiger partial charge in [0.1, 0.15) is 5.75 Å². The molecule has 2 N–H and O–H groups in total. The highest BCUT2D eigenvalue weighted by atomic mass is 79.9. The number of rotatable bonds is 9. The van der Waals surface area contributed by atoms with Crippen LogP contribution in [0, 0.1) is 10.1 Å². The quantitative estimate of drug-likeness (QED) is 0.0851. The fourth-order valence-electron chi connectivity index (χ4n) is 3.51. The highest BCUT2D eigenvalue weighted by molar-refractivity contribution is 9.10. The molecule has 0 fully saturated rings. The van der Waals surface area contributed by atoms with E-state index >= 15 is 0 Å². The number of carbonyl (C=O) groups excluding carboxylic acids is 3. The van der Waals surface area contributed by atoms with Crippen LogP contribution in [0.15, 0.2) is 107 Å². The van der Waals surface area contributed by atoms with E-state index in [0.29, 0.717) is 21.3 Å². The molecule has 4 rings (SSSR count). The van der Waals surface area contributed by atoms with Gasteiger partial charge in [0.25, 0.3) is 11.6 Å². The Bertz CT molecular complexity index is 1570. The molecular weight excluding hydrogens is 580 g/mol. The topological polar surface area (TPSA) is 140 Å². The number of nitrogens with one attached hydrogen (secondary N) is 2. The zero-order valence-corrected chi connectivity index (χ0v) is 22.3. The number of ether oxygens (including phenoxy) is 1. The number of benzene rings is 4. The molecule has 11 heteroatoms. The fourth-order valence-corrected chi connectivity index (χ4v) is 3.89. The van der Waals surface area contributed by atoms with E-state index in [1.54, 1.807) is 42.5 Å². The van der Waals surface area contributed by atoms with Crippen molar-refractivity contribution < 1.29 is 24.0 Å². The van der Waals surface area contributed by atoms with Gasteiger partial charge in [-0.3, -0.25) is 19.7 Å². The van der Waals surface area contributed by atoms with Gasteiger partial charge in [-0.25, -0.2) is 10.2 Å². The minimum absolute atomic E-state index is 0.129. The highest BCUT2D eigenvalue weighted by Gasteiger charge is 2.14. The number of hydrogen-bond acceptors (Lipinski definition) is 7. The van der Waals surface area contributed by atoms with Crippen LogP contribution in [-0.4, -0.2) is 28.9 Å². The van der Waals surface area contributed by atoms with Crippen LogP contribution in [0.2, 0.25) is 0 Å². The Kier molecular flexibility index (Phi) is 9.11. The van der Waals surface area contributed by atoms with Crippen molar-refractivity contribution in [3.05, 3.63) is 134 Å². The summed E-state index contributed by atoms with van der Waals surface area (Å²) in [6.07, 6.45) is 1.55. The molecule has 0 aliphatic rings. The Morgan fingerprint density at radius 2 is 1.57 bits per heavy atom. The van der Waals surface area contributed by atoms with E-state index in [9.17, 15) is 24.5 Å². The molecule has 0 saturated carbocycles. The number of nitrogens with zero attached hydrogens (tertiary/aromatic N) is 2. The number of esters is 1. The molecule has 0 unspecified atom stereocenters. The molecule has 0 bridgehead atoms. The zero-order valence-electron chi connectivity index (χ0n) is 20.7. The van der Waals surface area contributed by atoms with E-state index in [1.807, 2.05) is 30.3 Å². The number of nitro groups is 1. The minimum atomic E-state index is -0.716. The average molecular weight is 601 g/mol. The standard InChI is InChI=1S/C29H21BrN4O6/c30-23-10-15-26(40-29(37)21-8-13-25(14-9-21)34(38)39)22(17-23)18-31-33-28(36)20-6-11-24(12-7-20)32-27(35)16-19-4-2-1-3-5-19/h1-15,17-18H,16H2,(H,32,35)(H,33,36)/b31-18-. The zero-order chi connectivity index (χ0) is 28.5. The predicted molar refractivity (Wildman–Crippen MR) is 152 cm³/mol. The van der Waals surface area contributed by atoms with Crippen LogP contribution in [0.5, 0.6) is 5.75 Å². The molecular formula is C29H21BrN4O6. The van der Waals surface area contributed by atoms with Crippen LogP contribution in [-0.2, 0) is 11.2 Å². The summed E-state index contributed by atoms with van der Waals surface area (Å²) in [4.78, 5) is 47.6. The summed E-state index contributed by atoms with van der Waals surface area (Å²) in [5, 5.41) is 17.6. The van der Waals surface area contributed by atoms with Gasteiger partial charge >= 0.3 is 5.97 Å². The van der Waals surface area contributed by atoms with E-state index in [2.05, 4.69) is 31.8 Å². The Labute approximate surface area is 237 Å². The molecule has 2 amide bonds. The normalized spacial score (nSPS) is 10.6. The van der Waals surface area contributed by atoms with Crippen LogP contribution in [0.25, 0.3) is 0 Å². The Morgan fingerprint density at radius 1 is 0.900 bits per heavy atom. The second kappa shape index (κ2) is 13.1. The number of hydrazone groups is 1. The molecule has 0 saturated heterocycles. The number of amides is 2. The van der Waals surface area contributed by atoms with Crippen LogP contribution < -0.4 is 15.5 Å². The van der Waals surface area contributed by atoms with Gasteiger partial charge in [-0.1, -0.05) is 46.3 Å². The van der Waals surface area contributed by atoms with Crippen molar-refractivity contribution in [3.63, 3.8) is 0 Å². The monoisotopic (exact) mass is 600 g/mol. The minimum Gasteiger partial charge on any atom is -0.422 e. The molecule has 200 valence electrons. The summed E-state index contributed by atoms with van der Waals surface area (Å²) in [7, 11) is 0. The molecule has 0 heterocycles. The lowest BCUT2D eigenvalue weighted by Crippen LogP contribution is -2.18. The predicted octanol–water partition coefficient (Wildman–Crippen LogP) is 5.52. The van der Waals surface area contributed by atoms with Gasteiger partial charge in [0, 0.05) is 33.4 Å². The van der Waals surface area contributed by atoms with E-state index in [0.717, 1.165) is 5.56 Å². The number of anilines is 1. The average Bonchev–Trinajstić information content (AvgIpc) is 2.95. The lowest BCUT2D eigenvalue weighted by molar-refractivity contribution is -0.384. The van der Waals surface area contributed by atoms with Crippen LogP contribution in [0.3, 0.4) is 0 Å². The van der Waals surface area contributed by atoms with Crippen LogP contribution in [0.1, 0.15) is 31.8 Å². The number of hydrogen-bond donors (Lipinski definition) is 2. The third kappa shape index (κ3) is 7.68. The first-order chi connectivity index (χ1) is 19.3. The lowest BCUT2D eigenvalue weighted by atomic mass is 10.1. The smallest absolute Gasteiger partial charge is 0.343 e. The second-order valence-electron chi connectivity index (χ2n) is 8.36. The Morgan fingerprint density at radius 3 is 2.25 bits per heavy atom. The number of halogens is 1. The highest BCUT2D eigenvalue weighted by Crippen LogP contribution is 2.23. The molecule has 0 aliphatic heterocycles. The molecule has 0 aromatic heterocycles. The van der Waals surface area contributed by atoms with Crippen molar-refractivity contribution in [1.82, 2.24) is 5.43 Å². The second-order valence-corrected chi connectivity index (χ2v) is 9.28. The van der Waals surface area contributed by atoms with Crippen LogP contribution >= 0.6 is 15.9 Å². The van der Waals surface area contributed by atoms with E-state index < -0.39 is 16.8 Å². The van der Waals surface area contributed by atoms with Gasteiger partial charge < -0.3 is 10.1 Å². The summed E-state index contributed by atoms with van der Waals surface area (Å²) in [6.45, 7) is 0. The van der Waals surface area contributed by atoms with Crippen molar-refractivity contribution in [1.29, 1.82) is 0 Å². The molecule has 40 heavy (non-hydrogen) atoms. The summed E-state index contributed by atoms with van der Waals surface area (Å²) in [5.74, 6) is -1.21. The summed E-state index contributed by atoms with van der Waals surface area (Å²) in [5.41, 5.74) is 4.54. The van der Waals surface area contributed by atoms with Gasteiger partial charge in [0.05, 0.1) is 23.1 Å². The first-order valence-electron chi connectivity index (χ1n) is 11.8. The maximum atomic E-state index is 12.5. The summed E-state index contributed by atoms with van der Waals surface area (Å²) in [6, 6.07) is 25.6. The molecule has 0 spiro atoms. The first-order valence-corrected chi connectivity index (χ1v) is 12.6. The number of carbonyl (C=O) groups is 3. The molecule has 0 radical (unpaired) electrons. The van der Waals surface area contributed by atoms with E-state index in [-0.39, 0.29) is 29.3 Å². The van der Waals surface area contributed by atoms with Crippen molar-refractivity contribution in [2.24, 2.45) is 5.10 Å². The maximum absolute atomic E-state index is 12.5. The summed E-state index contributed by atoms with van der Waals surface area (Å²) < 4.78 is 6.12. The van der Waals surface area contributed by atoms with Gasteiger partial charge in [0.15, 0.2) is 0 Å². The number of nitro benzene ring substituents is 1. The lowest BCUT2D eigenvalue weighted by Gasteiger charge is -2.08. The third-order valence-electron chi connectivity index (χ3n) is 5.50. The van der Waals surface area contributed by atoms with Gasteiger partial charge in [0.2, 0.25) is 5.91 Å². The summed E-state index contributed by atoms with van der Waals surface area (Å²) >= 11 is 3.35. The maximum Gasteiger partial charge on any atom is 0.343 e. The van der Waals surface area contributed by atoms with Gasteiger partial charge in [-0.2, -0.15) is 5.10 Å². The first kappa shape index (κ1) is 27.9. The van der Waals surface area contributed by atoms with E-state index in [4.69, 9.17) is 4.74 Å². The van der Waals surface area contributed by atoms with Crippen molar-refractivity contribution in [3.8, 4) is 5.75 Å². The molecule has 4 aromatic rings. The van der Waals surface area contributed by atoms with Gasteiger partial charge in [-0.15, -0.1) is 0 Å². The molecule has 4 aromatic carbocycles. The largest absolute Gasteiger partial charge is 0.422 e. The number of non-ortho nitro benzene ring substituents is 1.